The molecular formula is C16H31N3O2. The Morgan fingerprint density at radius 2 is 2.10 bits per heavy atom. The maximum atomic E-state index is 9.63. The molecule has 5 heteroatoms. The monoisotopic (exact) mass is 297 g/mol. The zero-order valence-electron chi connectivity index (χ0n) is 13.4. The number of aliphatic imine (C=N–C) groups is 1. The predicted molar refractivity (Wildman–Crippen MR) is 85.6 cm³/mol. The maximum Gasteiger partial charge on any atom is 0.194 e. The maximum absolute atomic E-state index is 9.63. The zero-order valence-corrected chi connectivity index (χ0v) is 13.4. The molecule has 2 aliphatic rings. The van der Waals surface area contributed by atoms with Crippen molar-refractivity contribution in [2.45, 2.75) is 64.1 Å². The Bertz CT molecular complexity index is 317. The van der Waals surface area contributed by atoms with Gasteiger partial charge in [0.25, 0.3) is 0 Å². The summed E-state index contributed by atoms with van der Waals surface area (Å²) in [7, 11) is 0. The van der Waals surface area contributed by atoms with Crippen LogP contribution in [0.15, 0.2) is 4.99 Å². The van der Waals surface area contributed by atoms with E-state index in [-0.39, 0.29) is 6.10 Å². The van der Waals surface area contributed by atoms with Gasteiger partial charge < -0.3 is 20.1 Å². The molecule has 0 aromatic heterocycles. The Morgan fingerprint density at radius 3 is 2.76 bits per heavy atom. The van der Waals surface area contributed by atoms with Gasteiger partial charge in [-0.25, -0.2) is 0 Å². The quantitative estimate of drug-likeness (QED) is 0.445. The lowest BCUT2D eigenvalue weighted by Crippen LogP contribution is -2.40. The molecule has 1 aliphatic carbocycles. The van der Waals surface area contributed by atoms with Gasteiger partial charge in [-0.15, -0.1) is 0 Å². The van der Waals surface area contributed by atoms with Crippen LogP contribution < -0.4 is 5.32 Å². The number of ether oxygens (including phenoxy) is 1. The van der Waals surface area contributed by atoms with Crippen molar-refractivity contribution in [1.29, 1.82) is 0 Å². The number of hydrogen-bond acceptors (Lipinski definition) is 3. The molecule has 5 nitrogen and oxygen atoms in total. The van der Waals surface area contributed by atoms with E-state index in [1.165, 1.54) is 32.1 Å². The Hall–Kier alpha value is -0.810. The van der Waals surface area contributed by atoms with Gasteiger partial charge in [0.15, 0.2) is 5.96 Å². The highest BCUT2D eigenvalue weighted by atomic mass is 16.5. The Morgan fingerprint density at radius 1 is 1.29 bits per heavy atom. The molecule has 2 rings (SSSR count). The fourth-order valence-electron chi connectivity index (χ4n) is 3.09. The fourth-order valence-corrected chi connectivity index (χ4v) is 3.09. The van der Waals surface area contributed by atoms with Crippen LogP contribution in [0.4, 0.5) is 0 Å². The molecule has 0 amide bonds. The third kappa shape index (κ3) is 5.83. The van der Waals surface area contributed by atoms with Crippen molar-refractivity contribution in [3.8, 4) is 0 Å². The van der Waals surface area contributed by atoms with Crippen molar-refractivity contribution in [1.82, 2.24) is 10.2 Å². The first-order valence-electron chi connectivity index (χ1n) is 8.62. The molecule has 0 spiro atoms. The molecule has 2 N–H and O–H groups in total. The molecule has 2 fully saturated rings. The van der Waals surface area contributed by atoms with Crippen LogP contribution in [0.5, 0.6) is 0 Å². The largest absolute Gasteiger partial charge is 0.391 e. The minimum atomic E-state index is -0.205. The Kier molecular flexibility index (Phi) is 7.30. The molecule has 21 heavy (non-hydrogen) atoms. The summed E-state index contributed by atoms with van der Waals surface area (Å²) in [5.41, 5.74) is 0. The van der Waals surface area contributed by atoms with Gasteiger partial charge in [0, 0.05) is 32.8 Å². The number of nitrogens with zero attached hydrogens (tertiary/aromatic N) is 2. The smallest absolute Gasteiger partial charge is 0.194 e. The lowest BCUT2D eigenvalue weighted by molar-refractivity contribution is 0.0281. The summed E-state index contributed by atoms with van der Waals surface area (Å²) in [6.07, 6.45) is 8.59. The summed E-state index contributed by atoms with van der Waals surface area (Å²) in [6, 6.07) is 0. The van der Waals surface area contributed by atoms with Crippen molar-refractivity contribution < 1.29 is 9.84 Å². The van der Waals surface area contributed by atoms with Crippen LogP contribution >= 0.6 is 0 Å². The van der Waals surface area contributed by atoms with E-state index in [1.54, 1.807) is 0 Å². The minimum Gasteiger partial charge on any atom is -0.391 e. The second kappa shape index (κ2) is 9.26. The van der Waals surface area contributed by atoms with E-state index >= 15 is 0 Å². The van der Waals surface area contributed by atoms with Gasteiger partial charge in [-0.1, -0.05) is 19.3 Å². The predicted octanol–water partition coefficient (Wildman–Crippen LogP) is 1.76. The highest BCUT2D eigenvalue weighted by Crippen LogP contribution is 2.20. The van der Waals surface area contributed by atoms with Gasteiger partial charge in [-0.05, 0) is 32.6 Å². The van der Waals surface area contributed by atoms with E-state index < -0.39 is 0 Å². The van der Waals surface area contributed by atoms with E-state index in [9.17, 15) is 5.11 Å². The number of guanidine groups is 1. The number of likely N-dealkylation sites (tertiary alicyclic amines) is 1. The molecule has 0 aromatic rings. The van der Waals surface area contributed by atoms with Gasteiger partial charge in [0.1, 0.15) is 0 Å². The van der Waals surface area contributed by atoms with Crippen molar-refractivity contribution in [2.24, 2.45) is 4.99 Å². The van der Waals surface area contributed by atoms with Gasteiger partial charge in [-0.2, -0.15) is 0 Å². The van der Waals surface area contributed by atoms with Gasteiger partial charge in [0.05, 0.1) is 12.2 Å². The summed E-state index contributed by atoms with van der Waals surface area (Å²) >= 11 is 0. The SMILES string of the molecule is CCNC(=NCCCOC1CCCCC1)N1CC[C@@H](O)C1. The van der Waals surface area contributed by atoms with Crippen LogP contribution in [-0.4, -0.2) is 61.0 Å². The normalized spacial score (nSPS) is 24.6. The van der Waals surface area contributed by atoms with E-state index in [0.717, 1.165) is 45.0 Å². The summed E-state index contributed by atoms with van der Waals surface area (Å²) < 4.78 is 5.92. The van der Waals surface area contributed by atoms with Crippen molar-refractivity contribution in [3.63, 3.8) is 0 Å². The molecule has 0 aromatic carbocycles. The van der Waals surface area contributed by atoms with Gasteiger partial charge in [0.2, 0.25) is 0 Å². The Labute approximate surface area is 128 Å². The number of aliphatic hydroxyl groups is 1. The standard InChI is InChI=1S/C16H31N3O2/c1-2-17-16(19-11-9-14(20)13-19)18-10-6-12-21-15-7-4-3-5-8-15/h14-15,20H,2-13H2,1H3,(H,17,18)/t14-/m1/s1. The van der Waals surface area contributed by atoms with Crippen molar-refractivity contribution in [2.75, 3.05) is 32.8 Å². The van der Waals surface area contributed by atoms with Gasteiger partial charge in [-0.3, -0.25) is 4.99 Å². The average Bonchev–Trinajstić information content (AvgIpc) is 2.93. The van der Waals surface area contributed by atoms with Crippen LogP contribution in [0, 0.1) is 0 Å². The first kappa shape index (κ1) is 16.6. The van der Waals surface area contributed by atoms with Crippen LogP contribution in [0.2, 0.25) is 0 Å². The van der Waals surface area contributed by atoms with Crippen LogP contribution in [0.25, 0.3) is 0 Å². The van der Waals surface area contributed by atoms with Crippen LogP contribution in [0.3, 0.4) is 0 Å². The van der Waals surface area contributed by atoms with Crippen LogP contribution in [0.1, 0.15) is 51.9 Å². The number of rotatable bonds is 6. The second-order valence-corrected chi connectivity index (χ2v) is 6.11. The number of β-amino-alcohol motifs (C(OH)–C–C–N with tert-alkyl or cyclic N) is 1. The number of aliphatic hydroxyl groups excluding tert-OH is 1. The summed E-state index contributed by atoms with van der Waals surface area (Å²) in [5, 5.41) is 12.9. The molecule has 0 bridgehead atoms. The fraction of sp³-hybridized carbons (Fsp3) is 0.938. The average molecular weight is 297 g/mol. The second-order valence-electron chi connectivity index (χ2n) is 6.11. The molecule has 0 unspecified atom stereocenters. The molecular weight excluding hydrogens is 266 g/mol. The van der Waals surface area contributed by atoms with Crippen molar-refractivity contribution in [3.05, 3.63) is 0 Å². The van der Waals surface area contributed by atoms with Crippen molar-refractivity contribution >= 4 is 5.96 Å². The minimum absolute atomic E-state index is 0.205. The zero-order chi connectivity index (χ0) is 14.9. The molecule has 1 saturated carbocycles. The van der Waals surface area contributed by atoms with E-state index in [2.05, 4.69) is 22.1 Å². The summed E-state index contributed by atoms with van der Waals surface area (Å²) in [6.45, 7) is 6.14. The number of hydrogen-bond donors (Lipinski definition) is 2. The molecule has 0 radical (unpaired) electrons. The third-order valence-corrected chi connectivity index (χ3v) is 4.27. The molecule has 122 valence electrons. The summed E-state index contributed by atoms with van der Waals surface area (Å²) in [4.78, 5) is 6.80. The molecule has 1 heterocycles. The highest BCUT2D eigenvalue weighted by Gasteiger charge is 2.22. The van der Waals surface area contributed by atoms with Gasteiger partial charge >= 0.3 is 0 Å². The molecule has 1 atom stereocenters. The first-order valence-corrected chi connectivity index (χ1v) is 8.62. The molecule has 1 saturated heterocycles. The number of nitrogens with one attached hydrogen (secondary N) is 1. The van der Waals surface area contributed by atoms with E-state index in [1.807, 2.05) is 0 Å². The first-order chi connectivity index (χ1) is 10.3. The lowest BCUT2D eigenvalue weighted by atomic mass is 9.98. The van der Waals surface area contributed by atoms with Crippen LogP contribution in [-0.2, 0) is 4.74 Å². The Balaban J connectivity index is 1.65. The summed E-state index contributed by atoms with van der Waals surface area (Å²) in [5.74, 6) is 0.937. The van der Waals surface area contributed by atoms with E-state index in [0.29, 0.717) is 12.6 Å². The molecule has 1 aliphatic heterocycles. The van der Waals surface area contributed by atoms with E-state index in [4.69, 9.17) is 4.74 Å². The third-order valence-electron chi connectivity index (χ3n) is 4.27. The lowest BCUT2D eigenvalue weighted by Gasteiger charge is -2.22. The highest BCUT2D eigenvalue weighted by molar-refractivity contribution is 5.80. The topological polar surface area (TPSA) is 57.1 Å².